The maximum Gasteiger partial charge on any atom is 0.529 e. The summed E-state index contributed by atoms with van der Waals surface area (Å²) in [6.07, 6.45) is 0. The normalized spacial score (nSPS) is 10.9. The van der Waals surface area contributed by atoms with E-state index in [0.717, 1.165) is 28.0 Å². The van der Waals surface area contributed by atoms with Gasteiger partial charge >= 0.3 is 5.69 Å². The Hall–Kier alpha value is -3.27. The highest BCUT2D eigenvalue weighted by atomic mass is 16.2. The van der Waals surface area contributed by atoms with Gasteiger partial charge in [-0.15, -0.1) is 0 Å². The van der Waals surface area contributed by atoms with Gasteiger partial charge in [0.2, 0.25) is 0 Å². The number of fused-ring (bicyclic) bond motifs is 1. The van der Waals surface area contributed by atoms with Crippen LogP contribution in [0.5, 0.6) is 0 Å². The molecule has 0 N–H and O–H groups in total. The van der Waals surface area contributed by atoms with Gasteiger partial charge in [0.25, 0.3) is 0 Å². The van der Waals surface area contributed by atoms with Crippen molar-refractivity contribution in [3.8, 4) is 11.4 Å². The molecule has 0 radical (unpaired) electrons. The van der Waals surface area contributed by atoms with E-state index in [-0.39, 0.29) is 5.69 Å². The molecule has 0 saturated carbocycles. The molecule has 0 atom stereocenters. The van der Waals surface area contributed by atoms with E-state index in [9.17, 15) is 4.79 Å². The molecule has 24 heavy (non-hydrogen) atoms. The van der Waals surface area contributed by atoms with Crippen molar-refractivity contribution >= 4 is 11.0 Å². The van der Waals surface area contributed by atoms with E-state index in [1.54, 1.807) is 4.57 Å². The Labute approximate surface area is 139 Å². The van der Waals surface area contributed by atoms with Gasteiger partial charge in [0.05, 0.1) is 0 Å². The predicted molar refractivity (Wildman–Crippen MR) is 93.6 cm³/mol. The fourth-order valence-electron chi connectivity index (χ4n) is 2.91. The zero-order valence-corrected chi connectivity index (χ0v) is 13.3. The van der Waals surface area contributed by atoms with Crippen LogP contribution in [-0.4, -0.2) is 9.78 Å². The summed E-state index contributed by atoms with van der Waals surface area (Å²) in [7, 11) is 0. The molecule has 4 aromatic rings. The highest BCUT2D eigenvalue weighted by molar-refractivity contribution is 5.74. The molecule has 0 aliphatic heterocycles. The van der Waals surface area contributed by atoms with Crippen molar-refractivity contribution in [2.24, 2.45) is 0 Å². The summed E-state index contributed by atoms with van der Waals surface area (Å²) >= 11 is 0. The number of rotatable bonds is 2. The average Bonchev–Trinajstić information content (AvgIpc) is 2.63. The smallest absolute Gasteiger partial charge is 0.194 e. The van der Waals surface area contributed by atoms with Gasteiger partial charge in [0.15, 0.2) is 16.7 Å². The van der Waals surface area contributed by atoms with Gasteiger partial charge in [-0.2, -0.15) is 9.36 Å². The second-order valence-electron chi connectivity index (χ2n) is 5.64. The third kappa shape index (κ3) is 2.29. The number of hydrogen-bond acceptors (Lipinski definition) is 2. The molecular weight excluding hydrogens is 298 g/mol. The van der Waals surface area contributed by atoms with E-state index < -0.39 is 0 Å². The minimum atomic E-state index is -0.186. The first kappa shape index (κ1) is 14.3. The van der Waals surface area contributed by atoms with Crippen molar-refractivity contribution in [2.45, 2.75) is 6.92 Å². The molecule has 0 aliphatic rings. The number of aryl methyl sites for hydroxylation is 1. The van der Waals surface area contributed by atoms with E-state index in [1.807, 2.05) is 85.8 Å². The Morgan fingerprint density at radius 3 is 2.21 bits per heavy atom. The summed E-state index contributed by atoms with van der Waals surface area (Å²) in [5.74, 6) is 0. The number of nitrogens with zero attached hydrogens (tertiary/aromatic N) is 3. The summed E-state index contributed by atoms with van der Waals surface area (Å²) in [4.78, 5) is 13.2. The van der Waals surface area contributed by atoms with E-state index >= 15 is 0 Å². The lowest BCUT2D eigenvalue weighted by molar-refractivity contribution is -0.589. The molecule has 4 rings (SSSR count). The van der Waals surface area contributed by atoms with Crippen LogP contribution >= 0.6 is 0 Å². The molecule has 3 aromatic carbocycles. The lowest BCUT2D eigenvalue weighted by Gasteiger charge is -2.07. The second kappa shape index (κ2) is 5.74. The summed E-state index contributed by atoms with van der Waals surface area (Å²) in [6.45, 7) is 2.00. The number of hydrogen-bond donors (Lipinski definition) is 0. The van der Waals surface area contributed by atoms with Crippen LogP contribution in [0.1, 0.15) is 5.56 Å². The van der Waals surface area contributed by atoms with Gasteiger partial charge in [0, 0.05) is 0 Å². The highest BCUT2D eigenvalue weighted by Gasteiger charge is 2.22. The Kier molecular flexibility index (Phi) is 3.43. The standard InChI is InChI=1S/C20H16N3O/c1-15-9-8-14-18-19(15)22(16-10-4-2-5-11-16)20(24)23(21-18)17-12-6-3-7-13-17/h2-14H,1H3/q+1. The summed E-state index contributed by atoms with van der Waals surface area (Å²) in [5.41, 5.74) is 4.02. The quantitative estimate of drug-likeness (QED) is 0.534. The molecule has 1 aromatic heterocycles. The van der Waals surface area contributed by atoms with Crippen LogP contribution in [0.2, 0.25) is 0 Å². The van der Waals surface area contributed by atoms with E-state index in [2.05, 4.69) is 5.10 Å². The van der Waals surface area contributed by atoms with Gasteiger partial charge < -0.3 is 0 Å². The number of benzene rings is 3. The van der Waals surface area contributed by atoms with Crippen molar-refractivity contribution in [3.05, 3.63) is 94.9 Å². The lowest BCUT2D eigenvalue weighted by Crippen LogP contribution is -2.53. The molecule has 0 bridgehead atoms. The second-order valence-corrected chi connectivity index (χ2v) is 5.64. The first-order valence-electron chi connectivity index (χ1n) is 7.81. The Bertz CT molecular complexity index is 1070. The molecule has 1 heterocycles. The van der Waals surface area contributed by atoms with Crippen LogP contribution in [-0.2, 0) is 0 Å². The maximum absolute atomic E-state index is 13.2. The molecular formula is C20H16N3O+. The van der Waals surface area contributed by atoms with Crippen molar-refractivity contribution in [1.82, 2.24) is 9.78 Å². The molecule has 4 nitrogen and oxygen atoms in total. The largest absolute Gasteiger partial charge is 0.529 e. The van der Waals surface area contributed by atoms with Gasteiger partial charge in [-0.05, 0) is 42.8 Å². The van der Waals surface area contributed by atoms with E-state index in [0.29, 0.717) is 0 Å². The van der Waals surface area contributed by atoms with Crippen molar-refractivity contribution in [2.75, 3.05) is 0 Å². The Morgan fingerprint density at radius 1 is 0.833 bits per heavy atom. The van der Waals surface area contributed by atoms with Crippen LogP contribution in [0.25, 0.3) is 22.4 Å². The van der Waals surface area contributed by atoms with Gasteiger partial charge in [-0.1, -0.05) is 58.3 Å². The molecule has 116 valence electrons. The average molecular weight is 314 g/mol. The van der Waals surface area contributed by atoms with Crippen molar-refractivity contribution in [3.63, 3.8) is 0 Å². The fourth-order valence-corrected chi connectivity index (χ4v) is 2.91. The van der Waals surface area contributed by atoms with Gasteiger partial charge in [-0.3, -0.25) is 0 Å². The zero-order valence-electron chi connectivity index (χ0n) is 13.3. The predicted octanol–water partition coefficient (Wildman–Crippen LogP) is 2.97. The van der Waals surface area contributed by atoms with Gasteiger partial charge in [0.1, 0.15) is 5.69 Å². The first-order valence-corrected chi connectivity index (χ1v) is 7.81. The minimum absolute atomic E-state index is 0.186. The summed E-state index contributed by atoms with van der Waals surface area (Å²) in [6, 6.07) is 25.0. The van der Waals surface area contributed by atoms with Crippen molar-refractivity contribution in [1.29, 1.82) is 0 Å². The van der Waals surface area contributed by atoms with Crippen LogP contribution in [0.4, 0.5) is 0 Å². The third-order valence-corrected chi connectivity index (χ3v) is 4.04. The zero-order chi connectivity index (χ0) is 16.5. The van der Waals surface area contributed by atoms with Crippen LogP contribution < -0.4 is 10.3 Å². The minimum Gasteiger partial charge on any atom is -0.194 e. The summed E-state index contributed by atoms with van der Waals surface area (Å²) < 4.78 is 3.18. The van der Waals surface area contributed by atoms with E-state index in [4.69, 9.17) is 0 Å². The Balaban J connectivity index is 2.16. The molecule has 4 heteroatoms. The monoisotopic (exact) mass is 314 g/mol. The lowest BCUT2D eigenvalue weighted by atomic mass is 10.2. The fraction of sp³-hybridized carbons (Fsp3) is 0.0500. The Morgan fingerprint density at radius 2 is 1.50 bits per heavy atom. The van der Waals surface area contributed by atoms with E-state index in [1.165, 1.54) is 4.68 Å². The maximum atomic E-state index is 13.2. The molecule has 0 fully saturated rings. The van der Waals surface area contributed by atoms with Crippen LogP contribution in [0.3, 0.4) is 0 Å². The third-order valence-electron chi connectivity index (χ3n) is 4.04. The molecule has 0 saturated heterocycles. The van der Waals surface area contributed by atoms with Crippen molar-refractivity contribution < 1.29 is 4.57 Å². The number of para-hydroxylation sites is 3. The molecule has 0 aliphatic carbocycles. The number of aromatic nitrogens is 3. The molecule has 0 amide bonds. The molecule has 0 spiro atoms. The summed E-state index contributed by atoms with van der Waals surface area (Å²) in [5, 5.41) is 4.58. The van der Waals surface area contributed by atoms with Crippen LogP contribution in [0.15, 0.2) is 83.7 Å². The van der Waals surface area contributed by atoms with Gasteiger partial charge in [-0.25, -0.2) is 0 Å². The highest BCUT2D eigenvalue weighted by Crippen LogP contribution is 2.13. The topological polar surface area (TPSA) is 38.8 Å². The first-order chi connectivity index (χ1) is 11.8. The molecule has 0 unspecified atom stereocenters. The SMILES string of the molecule is Cc1cccc2nn(-c3ccccc3)c(=O)[n+](-c3ccccc3)c12. The van der Waals surface area contributed by atoms with Crippen LogP contribution in [0, 0.1) is 6.92 Å².